The van der Waals surface area contributed by atoms with Crippen LogP contribution in [0.3, 0.4) is 0 Å². The van der Waals surface area contributed by atoms with Gasteiger partial charge in [-0.2, -0.15) is 0 Å². The molecule has 1 aliphatic rings. The Morgan fingerprint density at radius 1 is 1.50 bits per heavy atom. The van der Waals surface area contributed by atoms with Gasteiger partial charge in [0.05, 0.1) is 0 Å². The van der Waals surface area contributed by atoms with Crippen LogP contribution < -0.4 is 5.32 Å². The van der Waals surface area contributed by atoms with E-state index in [1.54, 1.807) is 0 Å². The number of hydrogen-bond acceptors (Lipinski definition) is 2. The van der Waals surface area contributed by atoms with Crippen LogP contribution in [0.4, 0.5) is 0 Å². The normalized spacial score (nSPS) is 20.0. The Morgan fingerprint density at radius 3 is 3.00 bits per heavy atom. The van der Waals surface area contributed by atoms with Gasteiger partial charge in [-0.1, -0.05) is 29.8 Å². The van der Waals surface area contributed by atoms with Crippen molar-refractivity contribution in [3.05, 3.63) is 35.4 Å². The number of nitrogens with zero attached hydrogens (tertiary/aromatic N) is 1. The van der Waals surface area contributed by atoms with E-state index in [0.717, 1.165) is 13.0 Å². The van der Waals surface area contributed by atoms with Gasteiger partial charge in [0.2, 0.25) is 5.91 Å². The van der Waals surface area contributed by atoms with Crippen molar-refractivity contribution < 1.29 is 4.79 Å². The molecule has 1 N–H and O–H groups in total. The Hall–Kier alpha value is -1.35. The van der Waals surface area contributed by atoms with Crippen molar-refractivity contribution in [1.29, 1.82) is 0 Å². The maximum atomic E-state index is 11.9. The van der Waals surface area contributed by atoms with Crippen LogP contribution in [0.15, 0.2) is 24.3 Å². The fraction of sp³-hybridized carbons (Fsp3) is 0.533. The molecular weight excluding hydrogens is 224 g/mol. The molecule has 1 atom stereocenters. The van der Waals surface area contributed by atoms with Gasteiger partial charge in [-0.25, -0.2) is 0 Å². The molecular formula is C15H22N2O. The highest BCUT2D eigenvalue weighted by Gasteiger charge is 2.23. The van der Waals surface area contributed by atoms with Crippen LogP contribution in [0.5, 0.6) is 0 Å². The number of aryl methyl sites for hydroxylation is 1. The van der Waals surface area contributed by atoms with E-state index in [0.29, 0.717) is 19.0 Å². The lowest BCUT2D eigenvalue weighted by Gasteiger charge is -2.18. The van der Waals surface area contributed by atoms with Crippen LogP contribution in [0.2, 0.25) is 0 Å². The molecule has 2 rings (SSSR count). The molecule has 1 amide bonds. The van der Waals surface area contributed by atoms with Gasteiger partial charge in [-0.3, -0.25) is 4.79 Å². The largest absolute Gasteiger partial charge is 0.352 e. The fourth-order valence-corrected chi connectivity index (χ4v) is 2.55. The van der Waals surface area contributed by atoms with Crippen LogP contribution in [0.25, 0.3) is 0 Å². The van der Waals surface area contributed by atoms with Gasteiger partial charge in [0.25, 0.3) is 0 Å². The lowest BCUT2D eigenvalue weighted by Crippen LogP contribution is -2.32. The highest BCUT2D eigenvalue weighted by molar-refractivity contribution is 5.76. The highest BCUT2D eigenvalue weighted by atomic mass is 16.1. The third-order valence-electron chi connectivity index (χ3n) is 3.66. The second-order valence-corrected chi connectivity index (χ2v) is 5.25. The van der Waals surface area contributed by atoms with Crippen molar-refractivity contribution in [2.24, 2.45) is 0 Å². The maximum absolute atomic E-state index is 11.9. The summed E-state index contributed by atoms with van der Waals surface area (Å²) >= 11 is 0. The number of amides is 1. The summed E-state index contributed by atoms with van der Waals surface area (Å²) < 4.78 is 0. The zero-order valence-corrected chi connectivity index (χ0v) is 11.3. The zero-order chi connectivity index (χ0) is 13.0. The lowest BCUT2D eigenvalue weighted by molar-refractivity contribution is -0.122. The quantitative estimate of drug-likeness (QED) is 0.882. The summed E-state index contributed by atoms with van der Waals surface area (Å²) in [5.74, 6) is 0.162. The van der Waals surface area contributed by atoms with E-state index in [1.807, 2.05) is 6.07 Å². The molecule has 0 radical (unpaired) electrons. The Morgan fingerprint density at radius 2 is 2.33 bits per heavy atom. The van der Waals surface area contributed by atoms with Crippen molar-refractivity contribution in [3.63, 3.8) is 0 Å². The van der Waals surface area contributed by atoms with Gasteiger partial charge < -0.3 is 10.2 Å². The van der Waals surface area contributed by atoms with Crippen LogP contribution in [0.1, 0.15) is 30.4 Å². The molecule has 3 heteroatoms. The highest BCUT2D eigenvalue weighted by Crippen LogP contribution is 2.17. The maximum Gasteiger partial charge on any atom is 0.221 e. The van der Waals surface area contributed by atoms with Gasteiger partial charge in [0.1, 0.15) is 0 Å². The van der Waals surface area contributed by atoms with Gasteiger partial charge >= 0.3 is 0 Å². The van der Waals surface area contributed by atoms with Gasteiger partial charge in [0, 0.05) is 19.0 Å². The van der Waals surface area contributed by atoms with Crippen molar-refractivity contribution in [1.82, 2.24) is 10.2 Å². The van der Waals surface area contributed by atoms with Crippen molar-refractivity contribution in [2.45, 2.75) is 38.8 Å². The fourth-order valence-electron chi connectivity index (χ4n) is 2.55. The van der Waals surface area contributed by atoms with Crippen LogP contribution in [-0.2, 0) is 11.3 Å². The minimum absolute atomic E-state index is 0.162. The predicted molar refractivity (Wildman–Crippen MR) is 73.3 cm³/mol. The average Bonchev–Trinajstić information content (AvgIpc) is 2.73. The number of likely N-dealkylation sites (tertiary alicyclic amines) is 1. The Labute approximate surface area is 109 Å². The molecule has 98 valence electrons. The summed E-state index contributed by atoms with van der Waals surface area (Å²) in [7, 11) is 2.10. The molecule has 1 heterocycles. The molecule has 1 aliphatic heterocycles. The number of nitrogens with one attached hydrogen (secondary N) is 1. The molecule has 0 saturated carbocycles. The first kappa shape index (κ1) is 13.1. The van der Waals surface area contributed by atoms with Crippen molar-refractivity contribution in [2.75, 3.05) is 13.6 Å². The summed E-state index contributed by atoms with van der Waals surface area (Å²) in [4.78, 5) is 14.1. The molecule has 3 nitrogen and oxygen atoms in total. The number of hydrogen-bond donors (Lipinski definition) is 1. The van der Waals surface area contributed by atoms with Crippen molar-refractivity contribution in [3.8, 4) is 0 Å². The second-order valence-electron chi connectivity index (χ2n) is 5.25. The molecule has 0 aromatic heterocycles. The van der Waals surface area contributed by atoms with E-state index in [-0.39, 0.29) is 5.91 Å². The topological polar surface area (TPSA) is 32.3 Å². The zero-order valence-electron chi connectivity index (χ0n) is 11.3. The first-order chi connectivity index (χ1) is 8.65. The third kappa shape index (κ3) is 3.57. The lowest BCUT2D eigenvalue weighted by atomic mass is 10.1. The summed E-state index contributed by atoms with van der Waals surface area (Å²) in [6, 6.07) is 8.69. The Bertz CT molecular complexity index is 417. The van der Waals surface area contributed by atoms with Crippen LogP contribution in [0, 0.1) is 6.92 Å². The standard InChI is InChI=1S/C15H22N2O/c1-12-5-3-6-13(9-12)11-16-15(18)10-14-7-4-8-17(14)2/h3,5-6,9,14H,4,7-8,10-11H2,1-2H3,(H,16,18). The molecule has 1 saturated heterocycles. The molecule has 1 fully saturated rings. The Kier molecular flexibility index (Phi) is 4.37. The Balaban J connectivity index is 1.78. The molecule has 1 aromatic rings. The first-order valence-electron chi connectivity index (χ1n) is 6.67. The smallest absolute Gasteiger partial charge is 0.221 e. The molecule has 1 aromatic carbocycles. The first-order valence-corrected chi connectivity index (χ1v) is 6.67. The molecule has 1 unspecified atom stereocenters. The van der Waals surface area contributed by atoms with E-state index in [4.69, 9.17) is 0 Å². The SMILES string of the molecule is Cc1cccc(CNC(=O)CC2CCCN2C)c1. The van der Waals surface area contributed by atoms with Crippen LogP contribution >= 0.6 is 0 Å². The van der Waals surface area contributed by atoms with E-state index in [1.165, 1.54) is 17.5 Å². The van der Waals surface area contributed by atoms with Gasteiger partial charge in [0.15, 0.2) is 0 Å². The van der Waals surface area contributed by atoms with E-state index in [9.17, 15) is 4.79 Å². The number of carbonyl (C=O) groups excluding carboxylic acids is 1. The minimum Gasteiger partial charge on any atom is -0.352 e. The van der Waals surface area contributed by atoms with E-state index >= 15 is 0 Å². The molecule has 0 aliphatic carbocycles. The number of carbonyl (C=O) groups is 1. The predicted octanol–water partition coefficient (Wildman–Crippen LogP) is 2.10. The summed E-state index contributed by atoms with van der Waals surface area (Å²) in [5, 5.41) is 3.01. The third-order valence-corrected chi connectivity index (χ3v) is 3.66. The summed E-state index contributed by atoms with van der Waals surface area (Å²) in [5.41, 5.74) is 2.40. The monoisotopic (exact) mass is 246 g/mol. The van der Waals surface area contributed by atoms with Gasteiger partial charge in [-0.15, -0.1) is 0 Å². The van der Waals surface area contributed by atoms with E-state index in [2.05, 4.69) is 42.4 Å². The van der Waals surface area contributed by atoms with Crippen molar-refractivity contribution >= 4 is 5.91 Å². The molecule has 0 bridgehead atoms. The van der Waals surface area contributed by atoms with Crippen LogP contribution in [-0.4, -0.2) is 30.4 Å². The molecule has 0 spiro atoms. The average molecular weight is 246 g/mol. The second kappa shape index (κ2) is 6.01. The summed E-state index contributed by atoms with van der Waals surface area (Å²) in [6.45, 7) is 3.82. The number of rotatable bonds is 4. The van der Waals surface area contributed by atoms with Gasteiger partial charge in [-0.05, 0) is 38.9 Å². The molecule has 18 heavy (non-hydrogen) atoms. The van der Waals surface area contributed by atoms with E-state index < -0.39 is 0 Å². The summed E-state index contributed by atoms with van der Waals surface area (Å²) in [6.07, 6.45) is 2.99. The minimum atomic E-state index is 0.162. The number of benzene rings is 1.